The first-order chi connectivity index (χ1) is 14.4. The lowest BCUT2D eigenvalue weighted by Gasteiger charge is -2.22. The molecule has 0 unspecified atom stereocenters. The number of sulfone groups is 1. The molecule has 0 radical (unpaired) electrons. The van der Waals surface area contributed by atoms with Crippen molar-refractivity contribution in [3.8, 4) is 0 Å². The van der Waals surface area contributed by atoms with Crippen molar-refractivity contribution in [1.82, 2.24) is 10.6 Å². The average molecular weight is 459 g/mol. The predicted molar refractivity (Wildman–Crippen MR) is 113 cm³/mol. The Balaban J connectivity index is 2.33. The molecule has 11 heteroatoms. The molecule has 2 amide bonds. The molecule has 0 spiro atoms. The highest BCUT2D eigenvalue weighted by molar-refractivity contribution is 7.91. The van der Waals surface area contributed by atoms with E-state index < -0.39 is 45.4 Å². The molecule has 1 rings (SSSR count). The molecule has 0 aliphatic carbocycles. The summed E-state index contributed by atoms with van der Waals surface area (Å²) in [5.41, 5.74) is 0.0160. The number of alkyl carbamates (subject to hydrolysis) is 2. The second-order valence-corrected chi connectivity index (χ2v) is 10.1. The normalized spacial score (nSPS) is 12.5. The van der Waals surface area contributed by atoms with Crippen LogP contribution in [0.1, 0.15) is 39.2 Å². The van der Waals surface area contributed by atoms with Gasteiger partial charge in [-0.25, -0.2) is 22.8 Å². The van der Waals surface area contributed by atoms with Gasteiger partial charge in [-0.3, -0.25) is 0 Å². The maximum absolute atomic E-state index is 12.1. The van der Waals surface area contributed by atoms with Gasteiger partial charge in [0.15, 0.2) is 0 Å². The summed E-state index contributed by atoms with van der Waals surface area (Å²) in [5.74, 6) is -2.04. The third-order valence-corrected chi connectivity index (χ3v) is 5.59. The molecule has 31 heavy (non-hydrogen) atoms. The molecule has 0 bridgehead atoms. The summed E-state index contributed by atoms with van der Waals surface area (Å²) in [4.78, 5) is 34.6. The number of rotatable bonds is 11. The van der Waals surface area contributed by atoms with Gasteiger partial charge in [-0.15, -0.1) is 0 Å². The third kappa shape index (κ3) is 12.5. The fraction of sp³-hybridized carbons (Fsp3) is 0.550. The molecule has 1 aromatic carbocycles. The molecule has 0 saturated heterocycles. The van der Waals surface area contributed by atoms with Crippen molar-refractivity contribution in [2.45, 2.75) is 51.9 Å². The topological polar surface area (TPSA) is 148 Å². The zero-order valence-electron chi connectivity index (χ0n) is 17.9. The molecule has 0 heterocycles. The molecule has 0 aliphatic rings. The van der Waals surface area contributed by atoms with E-state index in [4.69, 9.17) is 9.47 Å². The smallest absolute Gasteiger partial charge is 0.408 e. The van der Waals surface area contributed by atoms with Crippen LogP contribution in [-0.2, 0) is 30.7 Å². The Hall–Kier alpha value is -2.82. The van der Waals surface area contributed by atoms with Gasteiger partial charge >= 0.3 is 18.2 Å². The summed E-state index contributed by atoms with van der Waals surface area (Å²) >= 11 is 0. The van der Waals surface area contributed by atoms with Crippen LogP contribution in [0.2, 0.25) is 0 Å². The van der Waals surface area contributed by atoms with Gasteiger partial charge in [0, 0.05) is 6.54 Å². The van der Waals surface area contributed by atoms with Gasteiger partial charge in [-0.2, -0.15) is 0 Å². The molecular formula is C20H30N2O8S. The second-order valence-electron chi connectivity index (χ2n) is 7.82. The Morgan fingerprint density at radius 3 is 2.29 bits per heavy atom. The van der Waals surface area contributed by atoms with Gasteiger partial charge in [0.1, 0.15) is 28.1 Å². The van der Waals surface area contributed by atoms with Crippen LogP contribution in [0.15, 0.2) is 30.3 Å². The van der Waals surface area contributed by atoms with Crippen LogP contribution in [-0.4, -0.2) is 61.4 Å². The van der Waals surface area contributed by atoms with E-state index >= 15 is 0 Å². The Kier molecular flexibility index (Phi) is 10.3. The molecule has 0 aliphatic heterocycles. The van der Waals surface area contributed by atoms with Gasteiger partial charge in [0.25, 0.3) is 0 Å². The van der Waals surface area contributed by atoms with Crippen LogP contribution in [0.4, 0.5) is 9.59 Å². The van der Waals surface area contributed by atoms with Crippen LogP contribution >= 0.6 is 0 Å². The first kappa shape index (κ1) is 26.2. The Morgan fingerprint density at radius 1 is 1.06 bits per heavy atom. The predicted octanol–water partition coefficient (Wildman–Crippen LogP) is 2.09. The fourth-order valence-corrected chi connectivity index (χ4v) is 3.75. The number of ether oxygens (including phenoxy) is 2. The number of aliphatic carboxylic acids is 1. The molecule has 0 aromatic heterocycles. The number of carboxylic acids is 1. The second kappa shape index (κ2) is 12.1. The van der Waals surface area contributed by atoms with Crippen molar-refractivity contribution in [2.75, 3.05) is 18.1 Å². The maximum Gasteiger partial charge on any atom is 0.408 e. The van der Waals surface area contributed by atoms with Crippen molar-refractivity contribution >= 4 is 28.0 Å². The maximum atomic E-state index is 12.1. The summed E-state index contributed by atoms with van der Waals surface area (Å²) in [6.07, 6.45) is -1.76. The molecule has 174 valence electrons. The van der Waals surface area contributed by atoms with Crippen molar-refractivity contribution in [2.24, 2.45) is 0 Å². The number of carbonyl (C=O) groups is 3. The number of amides is 2. The Morgan fingerprint density at radius 2 is 1.71 bits per heavy atom. The molecule has 1 atom stereocenters. The van der Waals surface area contributed by atoms with Gasteiger partial charge in [-0.05, 0) is 39.2 Å². The highest BCUT2D eigenvalue weighted by Gasteiger charge is 2.25. The zero-order valence-corrected chi connectivity index (χ0v) is 18.7. The van der Waals surface area contributed by atoms with Gasteiger partial charge in [0.2, 0.25) is 0 Å². The van der Waals surface area contributed by atoms with Crippen LogP contribution in [0.3, 0.4) is 0 Å². The largest absolute Gasteiger partial charge is 0.480 e. The van der Waals surface area contributed by atoms with Crippen molar-refractivity contribution in [3.05, 3.63) is 35.9 Å². The number of hydrogen-bond donors (Lipinski definition) is 3. The van der Waals surface area contributed by atoms with Gasteiger partial charge in [-0.1, -0.05) is 30.3 Å². The van der Waals surface area contributed by atoms with Gasteiger partial charge in [0.05, 0.1) is 11.5 Å². The number of hydrogen-bond acceptors (Lipinski definition) is 7. The van der Waals surface area contributed by atoms with E-state index in [2.05, 4.69) is 10.6 Å². The van der Waals surface area contributed by atoms with Crippen LogP contribution in [0.25, 0.3) is 0 Å². The van der Waals surface area contributed by atoms with E-state index in [9.17, 15) is 27.9 Å². The standard InChI is InChI=1S/C20H30N2O8S/c1-20(2,3)30-19(26)22-16(17(23)24)10-13-31(27,28)12-7-11-21-18(25)29-14-15-8-5-4-6-9-15/h4-6,8-9,16H,7,10-14H2,1-3H3,(H,21,25)(H,22,26)(H,23,24)/t16-/m0/s1. The summed E-state index contributed by atoms with van der Waals surface area (Å²) in [6.45, 7) is 5.06. The SMILES string of the molecule is CC(C)(C)OC(=O)N[C@@H](CCS(=O)(=O)CCCNC(=O)OCc1ccccc1)C(=O)O. The lowest BCUT2D eigenvalue weighted by atomic mass is 10.2. The lowest BCUT2D eigenvalue weighted by molar-refractivity contribution is -0.139. The fourth-order valence-electron chi connectivity index (χ4n) is 2.36. The monoisotopic (exact) mass is 458 g/mol. The third-order valence-electron chi connectivity index (χ3n) is 3.82. The van der Waals surface area contributed by atoms with Crippen molar-refractivity contribution in [3.63, 3.8) is 0 Å². The lowest BCUT2D eigenvalue weighted by Crippen LogP contribution is -2.44. The van der Waals surface area contributed by atoms with Crippen LogP contribution in [0, 0.1) is 0 Å². The summed E-state index contributed by atoms with van der Waals surface area (Å²) < 4.78 is 34.3. The average Bonchev–Trinajstić information content (AvgIpc) is 2.66. The van der Waals surface area contributed by atoms with E-state index in [0.29, 0.717) is 0 Å². The first-order valence-electron chi connectivity index (χ1n) is 9.75. The van der Waals surface area contributed by atoms with Crippen LogP contribution in [0.5, 0.6) is 0 Å². The highest BCUT2D eigenvalue weighted by atomic mass is 32.2. The van der Waals surface area contributed by atoms with E-state index in [1.807, 2.05) is 30.3 Å². The molecule has 0 saturated carbocycles. The summed E-state index contributed by atoms with van der Waals surface area (Å²) in [5, 5.41) is 13.8. The summed E-state index contributed by atoms with van der Waals surface area (Å²) in [6, 6.07) is 7.70. The van der Waals surface area contributed by atoms with E-state index in [1.54, 1.807) is 20.8 Å². The number of nitrogens with one attached hydrogen (secondary N) is 2. The zero-order chi connectivity index (χ0) is 23.5. The molecule has 3 N–H and O–H groups in total. The molecule has 1 aromatic rings. The van der Waals surface area contributed by atoms with E-state index in [0.717, 1.165) is 5.56 Å². The Bertz CT molecular complexity index is 834. The number of carbonyl (C=O) groups excluding carboxylic acids is 2. The van der Waals surface area contributed by atoms with E-state index in [1.165, 1.54) is 0 Å². The number of carboxylic acid groups (broad SMARTS) is 1. The quantitative estimate of drug-likeness (QED) is 0.427. The Labute approximate surface area is 182 Å². The minimum Gasteiger partial charge on any atom is -0.480 e. The minimum atomic E-state index is -3.58. The first-order valence-corrected chi connectivity index (χ1v) is 11.6. The number of benzene rings is 1. The van der Waals surface area contributed by atoms with E-state index in [-0.39, 0.29) is 31.7 Å². The van der Waals surface area contributed by atoms with Crippen molar-refractivity contribution < 1.29 is 37.4 Å². The van der Waals surface area contributed by atoms with Crippen LogP contribution < -0.4 is 10.6 Å². The molecule has 0 fully saturated rings. The van der Waals surface area contributed by atoms with Crippen molar-refractivity contribution in [1.29, 1.82) is 0 Å². The minimum absolute atomic E-state index is 0.0887. The molecular weight excluding hydrogens is 428 g/mol. The summed E-state index contributed by atoms with van der Waals surface area (Å²) in [7, 11) is -3.58. The molecule has 10 nitrogen and oxygen atoms in total. The van der Waals surface area contributed by atoms with Gasteiger partial charge < -0.3 is 25.2 Å². The highest BCUT2D eigenvalue weighted by Crippen LogP contribution is 2.08.